The fourth-order valence-corrected chi connectivity index (χ4v) is 2.14. The summed E-state index contributed by atoms with van der Waals surface area (Å²) in [5.41, 5.74) is 0.982. The van der Waals surface area contributed by atoms with E-state index in [1.54, 1.807) is 18.6 Å². The van der Waals surface area contributed by atoms with Crippen LogP contribution in [0.2, 0.25) is 0 Å². The standard InChI is InChI=1S/C16H22FN3O/c1-3-6-19-13(2)15-5-4-14(17)11-16(15)21-10-9-20-8-7-18-12-20/h4-5,7-8,11-13,19H,3,6,9-10H2,1-2H3. The fraction of sp³-hybridized carbons (Fsp3) is 0.438. The molecule has 1 unspecified atom stereocenters. The molecule has 1 atom stereocenters. The smallest absolute Gasteiger partial charge is 0.127 e. The van der Waals surface area contributed by atoms with E-state index in [4.69, 9.17) is 4.74 Å². The van der Waals surface area contributed by atoms with E-state index in [0.717, 1.165) is 18.5 Å². The Morgan fingerprint density at radius 3 is 3.00 bits per heavy atom. The highest BCUT2D eigenvalue weighted by Crippen LogP contribution is 2.26. The van der Waals surface area contributed by atoms with Crippen molar-refractivity contribution >= 4 is 0 Å². The SMILES string of the molecule is CCCNC(C)c1ccc(F)cc1OCCn1ccnc1. The topological polar surface area (TPSA) is 39.1 Å². The highest BCUT2D eigenvalue weighted by atomic mass is 19.1. The van der Waals surface area contributed by atoms with Crippen molar-refractivity contribution in [2.45, 2.75) is 32.9 Å². The van der Waals surface area contributed by atoms with Crippen molar-refractivity contribution in [1.29, 1.82) is 0 Å². The van der Waals surface area contributed by atoms with Gasteiger partial charge in [-0.25, -0.2) is 9.37 Å². The maximum absolute atomic E-state index is 13.4. The summed E-state index contributed by atoms with van der Waals surface area (Å²) in [7, 11) is 0. The number of halogens is 1. The molecule has 0 amide bonds. The number of nitrogens with one attached hydrogen (secondary N) is 1. The number of hydrogen-bond acceptors (Lipinski definition) is 3. The van der Waals surface area contributed by atoms with Crippen LogP contribution in [0.15, 0.2) is 36.9 Å². The maximum Gasteiger partial charge on any atom is 0.127 e. The monoisotopic (exact) mass is 291 g/mol. The zero-order chi connectivity index (χ0) is 15.1. The van der Waals surface area contributed by atoms with E-state index < -0.39 is 0 Å². The van der Waals surface area contributed by atoms with Gasteiger partial charge >= 0.3 is 0 Å². The first-order valence-electron chi connectivity index (χ1n) is 7.32. The molecule has 5 heteroatoms. The molecule has 0 saturated carbocycles. The van der Waals surface area contributed by atoms with Crippen LogP contribution in [0.5, 0.6) is 5.75 Å². The van der Waals surface area contributed by atoms with Gasteiger partial charge in [0.2, 0.25) is 0 Å². The summed E-state index contributed by atoms with van der Waals surface area (Å²) in [4.78, 5) is 3.98. The molecule has 2 rings (SSSR count). The third-order valence-electron chi connectivity index (χ3n) is 3.31. The molecule has 1 aromatic carbocycles. The summed E-state index contributed by atoms with van der Waals surface area (Å²) in [5, 5.41) is 3.39. The molecule has 0 bridgehead atoms. The molecule has 0 aliphatic heterocycles. The zero-order valence-corrected chi connectivity index (χ0v) is 12.6. The number of aromatic nitrogens is 2. The van der Waals surface area contributed by atoms with Crippen LogP contribution in [-0.2, 0) is 6.54 Å². The molecule has 2 aromatic rings. The lowest BCUT2D eigenvalue weighted by Crippen LogP contribution is -2.20. The van der Waals surface area contributed by atoms with E-state index in [-0.39, 0.29) is 11.9 Å². The number of ether oxygens (including phenoxy) is 1. The lowest BCUT2D eigenvalue weighted by molar-refractivity contribution is 0.291. The van der Waals surface area contributed by atoms with Crippen LogP contribution in [0.1, 0.15) is 31.9 Å². The van der Waals surface area contributed by atoms with E-state index in [1.165, 1.54) is 12.1 Å². The predicted octanol–water partition coefficient (Wildman–Crippen LogP) is 3.16. The molecule has 0 spiro atoms. The van der Waals surface area contributed by atoms with Gasteiger partial charge in [-0.2, -0.15) is 0 Å². The van der Waals surface area contributed by atoms with Crippen LogP contribution >= 0.6 is 0 Å². The van der Waals surface area contributed by atoms with Crippen LogP contribution in [0.4, 0.5) is 4.39 Å². The van der Waals surface area contributed by atoms with Crippen molar-refractivity contribution in [1.82, 2.24) is 14.9 Å². The van der Waals surface area contributed by atoms with Crippen LogP contribution in [0.25, 0.3) is 0 Å². The summed E-state index contributed by atoms with van der Waals surface area (Å²) < 4.78 is 21.1. The van der Waals surface area contributed by atoms with E-state index in [9.17, 15) is 4.39 Å². The van der Waals surface area contributed by atoms with Crippen molar-refractivity contribution in [2.24, 2.45) is 0 Å². The highest BCUT2D eigenvalue weighted by Gasteiger charge is 2.12. The van der Waals surface area contributed by atoms with Gasteiger partial charge in [-0.15, -0.1) is 0 Å². The first-order chi connectivity index (χ1) is 10.2. The molecular formula is C16H22FN3O. The summed E-state index contributed by atoms with van der Waals surface area (Å²) in [6.07, 6.45) is 6.40. The van der Waals surface area contributed by atoms with Crippen LogP contribution in [0.3, 0.4) is 0 Å². The number of benzene rings is 1. The third-order valence-corrected chi connectivity index (χ3v) is 3.31. The molecular weight excluding hydrogens is 269 g/mol. The number of nitrogens with zero attached hydrogens (tertiary/aromatic N) is 2. The van der Waals surface area contributed by atoms with Gasteiger partial charge in [0.1, 0.15) is 18.2 Å². The largest absolute Gasteiger partial charge is 0.491 e. The Kier molecular flexibility index (Phi) is 5.75. The van der Waals surface area contributed by atoms with E-state index in [2.05, 4.69) is 24.1 Å². The third kappa shape index (κ3) is 4.56. The quantitative estimate of drug-likeness (QED) is 0.812. The predicted molar refractivity (Wildman–Crippen MR) is 80.8 cm³/mol. The van der Waals surface area contributed by atoms with Crippen molar-refractivity contribution in [3.8, 4) is 5.75 Å². The van der Waals surface area contributed by atoms with Gasteiger partial charge in [-0.05, 0) is 26.0 Å². The molecule has 0 radical (unpaired) electrons. The fourth-order valence-electron chi connectivity index (χ4n) is 2.14. The molecule has 4 nitrogen and oxygen atoms in total. The zero-order valence-electron chi connectivity index (χ0n) is 12.6. The van der Waals surface area contributed by atoms with Gasteiger partial charge in [0.05, 0.1) is 12.9 Å². The van der Waals surface area contributed by atoms with Crippen molar-refractivity contribution in [3.05, 3.63) is 48.3 Å². The van der Waals surface area contributed by atoms with Crippen molar-refractivity contribution in [3.63, 3.8) is 0 Å². The van der Waals surface area contributed by atoms with Gasteiger partial charge in [-0.1, -0.05) is 13.0 Å². The van der Waals surface area contributed by atoms with Gasteiger partial charge in [0.25, 0.3) is 0 Å². The molecule has 1 aromatic heterocycles. The highest BCUT2D eigenvalue weighted by molar-refractivity contribution is 5.36. The van der Waals surface area contributed by atoms with Crippen molar-refractivity contribution < 1.29 is 9.13 Å². The number of hydrogen-bond donors (Lipinski definition) is 1. The van der Waals surface area contributed by atoms with E-state index in [0.29, 0.717) is 18.9 Å². The Morgan fingerprint density at radius 1 is 1.43 bits per heavy atom. The van der Waals surface area contributed by atoms with Gasteiger partial charge in [0, 0.05) is 30.1 Å². The minimum atomic E-state index is -0.279. The van der Waals surface area contributed by atoms with Crippen molar-refractivity contribution in [2.75, 3.05) is 13.2 Å². The molecule has 1 N–H and O–H groups in total. The first-order valence-corrected chi connectivity index (χ1v) is 7.32. The Balaban J connectivity index is 2.00. The normalized spacial score (nSPS) is 12.3. The average Bonchev–Trinajstić information content (AvgIpc) is 2.98. The van der Waals surface area contributed by atoms with Gasteiger partial charge in [-0.3, -0.25) is 0 Å². The molecule has 0 fully saturated rings. The minimum absolute atomic E-state index is 0.133. The minimum Gasteiger partial charge on any atom is -0.491 e. The second-order valence-corrected chi connectivity index (χ2v) is 5.01. The van der Waals surface area contributed by atoms with Crippen LogP contribution < -0.4 is 10.1 Å². The summed E-state index contributed by atoms with van der Waals surface area (Å²) in [5.74, 6) is 0.324. The maximum atomic E-state index is 13.4. The van der Waals surface area contributed by atoms with Crippen LogP contribution in [0, 0.1) is 5.82 Å². The first kappa shape index (κ1) is 15.5. The Hall–Kier alpha value is -1.88. The van der Waals surface area contributed by atoms with Gasteiger partial charge < -0.3 is 14.6 Å². The lowest BCUT2D eigenvalue weighted by Gasteiger charge is -2.18. The van der Waals surface area contributed by atoms with Crippen LogP contribution in [-0.4, -0.2) is 22.7 Å². The summed E-state index contributed by atoms with van der Waals surface area (Å²) in [6.45, 7) is 6.27. The lowest BCUT2D eigenvalue weighted by atomic mass is 10.1. The van der Waals surface area contributed by atoms with Gasteiger partial charge in [0.15, 0.2) is 0 Å². The second kappa shape index (κ2) is 7.78. The van der Waals surface area contributed by atoms with E-state index in [1.807, 2.05) is 10.8 Å². The molecule has 21 heavy (non-hydrogen) atoms. The molecule has 114 valence electrons. The van der Waals surface area contributed by atoms with E-state index >= 15 is 0 Å². The molecule has 0 aliphatic rings. The Labute approximate surface area is 125 Å². The second-order valence-electron chi connectivity index (χ2n) is 5.01. The molecule has 1 heterocycles. The molecule has 0 saturated heterocycles. The summed E-state index contributed by atoms with van der Waals surface area (Å²) >= 11 is 0. The number of rotatable bonds is 8. The summed E-state index contributed by atoms with van der Waals surface area (Å²) in [6, 6.07) is 4.85. The Morgan fingerprint density at radius 2 is 2.29 bits per heavy atom. The molecule has 0 aliphatic carbocycles. The number of imidazole rings is 1. The average molecular weight is 291 g/mol. The Bertz CT molecular complexity index is 542.